The quantitative estimate of drug-likeness (QED) is 0.198. The number of aromatic nitrogens is 4. The van der Waals surface area contributed by atoms with Crippen molar-refractivity contribution >= 4 is 22.8 Å². The van der Waals surface area contributed by atoms with Gasteiger partial charge in [-0.05, 0) is 49.2 Å². The molecule has 0 spiro atoms. The van der Waals surface area contributed by atoms with E-state index in [0.717, 1.165) is 82.8 Å². The maximum absolute atomic E-state index is 5.48. The van der Waals surface area contributed by atoms with E-state index in [0.29, 0.717) is 12.5 Å². The van der Waals surface area contributed by atoms with Crippen molar-refractivity contribution in [2.75, 3.05) is 39.7 Å². The Hall–Kier alpha value is -2.94. The molecule has 1 saturated heterocycles. The van der Waals surface area contributed by atoms with Gasteiger partial charge in [0.1, 0.15) is 11.6 Å². The standard InChI is InChI=1S/C27H31N5O2S/c1-33-13-14-35-27-28-16-22(19-7-5-9-21(15-19)34-2)26(31-27)20-8-6-12-32(17-20)18-25-29-23-10-3-4-11-24(23)30-25/h3-5,7,9-11,15-16,20H,6,8,12-14,17-18H2,1-2H3,(H,29,30). The predicted octanol–water partition coefficient (Wildman–Crippen LogP) is 5.15. The number of likely N-dealkylation sites (tertiary alicyclic amines) is 1. The Balaban J connectivity index is 1.41. The Labute approximate surface area is 210 Å². The highest BCUT2D eigenvalue weighted by Crippen LogP contribution is 2.35. The number of benzene rings is 2. The summed E-state index contributed by atoms with van der Waals surface area (Å²) in [5.74, 6) is 3.00. The van der Waals surface area contributed by atoms with Gasteiger partial charge in [0, 0.05) is 37.1 Å². The fourth-order valence-corrected chi connectivity index (χ4v) is 5.43. The lowest BCUT2D eigenvalue weighted by Gasteiger charge is -2.32. The van der Waals surface area contributed by atoms with Crippen LogP contribution in [-0.4, -0.2) is 64.5 Å². The van der Waals surface area contributed by atoms with Gasteiger partial charge in [0.15, 0.2) is 5.16 Å². The van der Waals surface area contributed by atoms with E-state index in [-0.39, 0.29) is 0 Å². The first-order valence-electron chi connectivity index (χ1n) is 12.0. The summed E-state index contributed by atoms with van der Waals surface area (Å²) in [6.45, 7) is 3.48. The van der Waals surface area contributed by atoms with E-state index in [1.807, 2.05) is 30.5 Å². The van der Waals surface area contributed by atoms with Crippen LogP contribution < -0.4 is 4.74 Å². The predicted molar refractivity (Wildman–Crippen MR) is 140 cm³/mol. The lowest BCUT2D eigenvalue weighted by molar-refractivity contribution is 0.194. The van der Waals surface area contributed by atoms with Crippen LogP contribution in [0.3, 0.4) is 0 Å². The molecule has 1 aliphatic rings. The first kappa shape index (κ1) is 23.8. The Bertz CT molecular complexity index is 1240. The molecule has 0 saturated carbocycles. The molecule has 1 atom stereocenters. The van der Waals surface area contributed by atoms with Crippen LogP contribution in [0.2, 0.25) is 0 Å². The molecule has 8 heteroatoms. The normalized spacial score (nSPS) is 16.6. The lowest BCUT2D eigenvalue weighted by atomic mass is 9.90. The molecule has 5 rings (SSSR count). The van der Waals surface area contributed by atoms with Crippen molar-refractivity contribution in [1.82, 2.24) is 24.8 Å². The van der Waals surface area contributed by atoms with Gasteiger partial charge in [-0.1, -0.05) is 36.0 Å². The zero-order valence-electron chi connectivity index (χ0n) is 20.2. The number of imidazole rings is 1. The van der Waals surface area contributed by atoms with E-state index in [4.69, 9.17) is 19.4 Å². The Kier molecular flexibility index (Phi) is 7.61. The summed E-state index contributed by atoms with van der Waals surface area (Å²) in [5, 5.41) is 0.804. The summed E-state index contributed by atoms with van der Waals surface area (Å²) >= 11 is 1.64. The topological polar surface area (TPSA) is 76.2 Å². The first-order chi connectivity index (χ1) is 17.2. The minimum atomic E-state index is 0.319. The number of H-pyrrole nitrogens is 1. The third-order valence-electron chi connectivity index (χ3n) is 6.40. The molecule has 2 aromatic carbocycles. The number of hydrogen-bond donors (Lipinski definition) is 1. The molecule has 2 aromatic heterocycles. The molecule has 7 nitrogen and oxygen atoms in total. The van der Waals surface area contributed by atoms with Gasteiger partial charge >= 0.3 is 0 Å². The smallest absolute Gasteiger partial charge is 0.187 e. The number of thioether (sulfide) groups is 1. The molecule has 1 N–H and O–H groups in total. The third kappa shape index (κ3) is 5.66. The van der Waals surface area contributed by atoms with Crippen molar-refractivity contribution in [1.29, 1.82) is 0 Å². The van der Waals surface area contributed by atoms with Crippen LogP contribution in [0.1, 0.15) is 30.3 Å². The van der Waals surface area contributed by atoms with E-state index >= 15 is 0 Å². The largest absolute Gasteiger partial charge is 0.497 e. The highest BCUT2D eigenvalue weighted by Gasteiger charge is 2.26. The summed E-state index contributed by atoms with van der Waals surface area (Å²) in [7, 11) is 3.42. The fourth-order valence-electron chi connectivity index (χ4n) is 4.70. The van der Waals surface area contributed by atoms with Crippen LogP contribution >= 0.6 is 11.8 Å². The summed E-state index contributed by atoms with van der Waals surface area (Å²) in [6, 6.07) is 16.4. The minimum absolute atomic E-state index is 0.319. The molecule has 1 aliphatic heterocycles. The number of ether oxygens (including phenoxy) is 2. The highest BCUT2D eigenvalue weighted by atomic mass is 32.2. The molecule has 0 radical (unpaired) electrons. The molecule has 1 unspecified atom stereocenters. The number of aromatic amines is 1. The zero-order chi connectivity index (χ0) is 24.0. The van der Waals surface area contributed by atoms with Gasteiger partial charge in [-0.3, -0.25) is 4.90 Å². The second-order valence-electron chi connectivity index (χ2n) is 8.80. The minimum Gasteiger partial charge on any atom is -0.497 e. The molecular weight excluding hydrogens is 458 g/mol. The molecule has 182 valence electrons. The molecule has 1 fully saturated rings. The Morgan fingerprint density at radius 1 is 1.11 bits per heavy atom. The number of methoxy groups -OCH3 is 2. The summed E-state index contributed by atoms with van der Waals surface area (Å²) < 4.78 is 10.7. The van der Waals surface area contributed by atoms with Crippen molar-refractivity contribution in [2.24, 2.45) is 0 Å². The molecule has 0 amide bonds. The summed E-state index contributed by atoms with van der Waals surface area (Å²) in [4.78, 5) is 20.5. The van der Waals surface area contributed by atoms with E-state index in [1.165, 1.54) is 0 Å². The van der Waals surface area contributed by atoms with Crippen molar-refractivity contribution in [3.63, 3.8) is 0 Å². The average Bonchev–Trinajstić information content (AvgIpc) is 3.31. The van der Waals surface area contributed by atoms with Gasteiger partial charge in [0.25, 0.3) is 0 Å². The van der Waals surface area contributed by atoms with Gasteiger partial charge in [-0.2, -0.15) is 0 Å². The maximum Gasteiger partial charge on any atom is 0.187 e. The monoisotopic (exact) mass is 489 g/mol. The molecule has 3 heterocycles. The number of nitrogens with zero attached hydrogens (tertiary/aromatic N) is 4. The number of hydrogen-bond acceptors (Lipinski definition) is 7. The second-order valence-corrected chi connectivity index (χ2v) is 9.86. The lowest BCUT2D eigenvalue weighted by Crippen LogP contribution is -2.34. The number of para-hydroxylation sites is 2. The molecule has 35 heavy (non-hydrogen) atoms. The number of fused-ring (bicyclic) bond motifs is 1. The van der Waals surface area contributed by atoms with Crippen molar-refractivity contribution in [3.8, 4) is 16.9 Å². The number of piperidine rings is 1. The Morgan fingerprint density at radius 3 is 2.89 bits per heavy atom. The van der Waals surface area contributed by atoms with Crippen LogP contribution in [0, 0.1) is 0 Å². The molecular formula is C27H31N5O2S. The van der Waals surface area contributed by atoms with Crippen molar-refractivity contribution in [3.05, 3.63) is 66.2 Å². The SMILES string of the molecule is COCCSc1ncc(-c2cccc(OC)c2)c(C2CCCN(Cc3nc4ccccc4[nH]3)C2)n1. The van der Waals surface area contributed by atoms with Gasteiger partial charge < -0.3 is 14.5 Å². The van der Waals surface area contributed by atoms with E-state index < -0.39 is 0 Å². The van der Waals surface area contributed by atoms with Gasteiger partial charge in [-0.25, -0.2) is 15.0 Å². The van der Waals surface area contributed by atoms with Crippen LogP contribution in [-0.2, 0) is 11.3 Å². The van der Waals surface area contributed by atoms with Gasteiger partial charge in [0.2, 0.25) is 0 Å². The van der Waals surface area contributed by atoms with Crippen LogP contribution in [0.5, 0.6) is 5.75 Å². The molecule has 4 aromatic rings. The second kappa shape index (κ2) is 11.2. The summed E-state index contributed by atoms with van der Waals surface area (Å²) in [5.41, 5.74) is 5.38. The van der Waals surface area contributed by atoms with E-state index in [2.05, 4.69) is 39.1 Å². The third-order valence-corrected chi connectivity index (χ3v) is 7.23. The maximum atomic E-state index is 5.48. The first-order valence-corrected chi connectivity index (χ1v) is 13.0. The average molecular weight is 490 g/mol. The van der Waals surface area contributed by atoms with Crippen LogP contribution in [0.25, 0.3) is 22.2 Å². The fraction of sp³-hybridized carbons (Fsp3) is 0.370. The van der Waals surface area contributed by atoms with Crippen molar-refractivity contribution in [2.45, 2.75) is 30.5 Å². The molecule has 0 aliphatic carbocycles. The molecule has 0 bridgehead atoms. The summed E-state index contributed by atoms with van der Waals surface area (Å²) in [6.07, 6.45) is 4.20. The highest BCUT2D eigenvalue weighted by molar-refractivity contribution is 7.99. The van der Waals surface area contributed by atoms with Gasteiger partial charge in [-0.15, -0.1) is 0 Å². The van der Waals surface area contributed by atoms with E-state index in [9.17, 15) is 0 Å². The Morgan fingerprint density at radius 2 is 2.03 bits per heavy atom. The van der Waals surface area contributed by atoms with Crippen LogP contribution in [0.4, 0.5) is 0 Å². The van der Waals surface area contributed by atoms with E-state index in [1.54, 1.807) is 26.0 Å². The van der Waals surface area contributed by atoms with Gasteiger partial charge in [0.05, 0.1) is 37.0 Å². The number of rotatable bonds is 9. The van der Waals surface area contributed by atoms with Crippen LogP contribution in [0.15, 0.2) is 59.9 Å². The zero-order valence-corrected chi connectivity index (χ0v) is 21.1. The number of nitrogens with one attached hydrogen (secondary N) is 1. The van der Waals surface area contributed by atoms with Crippen molar-refractivity contribution < 1.29 is 9.47 Å².